The van der Waals surface area contributed by atoms with Crippen molar-refractivity contribution in [3.8, 4) is 11.5 Å². The highest BCUT2D eigenvalue weighted by atomic mass is 16.5. The molecule has 1 aliphatic heterocycles. The van der Waals surface area contributed by atoms with Crippen LogP contribution in [0.25, 0.3) is 0 Å². The Morgan fingerprint density at radius 2 is 1.93 bits per heavy atom. The number of para-hydroxylation sites is 2. The molecule has 0 spiro atoms. The number of anilines is 2. The average molecular weight is 378 g/mol. The molecule has 0 radical (unpaired) electrons. The Hall–Kier alpha value is -2.82. The van der Waals surface area contributed by atoms with E-state index >= 15 is 0 Å². The van der Waals surface area contributed by atoms with Gasteiger partial charge in [0.25, 0.3) is 5.91 Å². The number of benzene rings is 2. The van der Waals surface area contributed by atoms with Crippen molar-refractivity contribution in [1.29, 1.82) is 0 Å². The highest BCUT2D eigenvalue weighted by Crippen LogP contribution is 2.39. The van der Waals surface area contributed by atoms with E-state index in [2.05, 4.69) is 5.32 Å². The molecule has 1 saturated carbocycles. The SMILES string of the molecule is CCN1C(=O)c2cc(NC(=O)CCC3CCCC3)ccc2Oc2ccccc21. The second kappa shape index (κ2) is 8.05. The summed E-state index contributed by atoms with van der Waals surface area (Å²) in [5.41, 5.74) is 1.86. The van der Waals surface area contributed by atoms with Crippen LogP contribution in [-0.4, -0.2) is 18.4 Å². The van der Waals surface area contributed by atoms with Gasteiger partial charge in [0.2, 0.25) is 5.91 Å². The van der Waals surface area contributed by atoms with Crippen LogP contribution in [-0.2, 0) is 4.79 Å². The lowest BCUT2D eigenvalue weighted by molar-refractivity contribution is -0.116. The van der Waals surface area contributed by atoms with E-state index in [0.29, 0.717) is 41.6 Å². The number of nitrogens with zero attached hydrogens (tertiary/aromatic N) is 1. The summed E-state index contributed by atoms with van der Waals surface area (Å²) in [6, 6.07) is 12.8. The molecule has 0 bridgehead atoms. The van der Waals surface area contributed by atoms with Gasteiger partial charge in [-0.3, -0.25) is 9.59 Å². The predicted octanol–water partition coefficient (Wildman–Crippen LogP) is 5.37. The van der Waals surface area contributed by atoms with Gasteiger partial charge in [-0.05, 0) is 49.6 Å². The quantitative estimate of drug-likeness (QED) is 0.761. The molecule has 0 aromatic heterocycles. The van der Waals surface area contributed by atoms with Gasteiger partial charge in [-0.25, -0.2) is 0 Å². The molecule has 1 heterocycles. The predicted molar refractivity (Wildman–Crippen MR) is 110 cm³/mol. The fraction of sp³-hybridized carbons (Fsp3) is 0.391. The van der Waals surface area contributed by atoms with Crippen molar-refractivity contribution in [2.45, 2.75) is 45.4 Å². The van der Waals surface area contributed by atoms with Crippen molar-refractivity contribution < 1.29 is 14.3 Å². The number of carbonyl (C=O) groups excluding carboxylic acids is 2. The smallest absolute Gasteiger partial charge is 0.262 e. The third-order valence-corrected chi connectivity index (χ3v) is 5.69. The van der Waals surface area contributed by atoms with E-state index in [1.165, 1.54) is 25.7 Å². The second-order valence-corrected chi connectivity index (χ2v) is 7.57. The molecule has 2 amide bonds. The summed E-state index contributed by atoms with van der Waals surface area (Å²) >= 11 is 0. The zero-order valence-corrected chi connectivity index (χ0v) is 16.2. The summed E-state index contributed by atoms with van der Waals surface area (Å²) in [6.45, 7) is 2.48. The molecule has 1 fully saturated rings. The van der Waals surface area contributed by atoms with Gasteiger partial charge in [0.15, 0.2) is 5.75 Å². The second-order valence-electron chi connectivity index (χ2n) is 7.57. The fourth-order valence-corrected chi connectivity index (χ4v) is 4.18. The highest BCUT2D eigenvalue weighted by Gasteiger charge is 2.27. The van der Waals surface area contributed by atoms with E-state index in [0.717, 1.165) is 12.1 Å². The first-order valence-corrected chi connectivity index (χ1v) is 10.2. The largest absolute Gasteiger partial charge is 0.454 e. The summed E-state index contributed by atoms with van der Waals surface area (Å²) in [6.07, 6.45) is 6.53. The molecule has 1 aliphatic carbocycles. The van der Waals surface area contributed by atoms with Crippen LogP contribution in [0, 0.1) is 5.92 Å². The molecular weight excluding hydrogens is 352 g/mol. The lowest BCUT2D eigenvalue weighted by Gasteiger charge is -2.19. The summed E-state index contributed by atoms with van der Waals surface area (Å²) in [4.78, 5) is 27.2. The van der Waals surface area contributed by atoms with E-state index in [1.807, 2.05) is 31.2 Å². The molecule has 28 heavy (non-hydrogen) atoms. The summed E-state index contributed by atoms with van der Waals surface area (Å²) < 4.78 is 6.00. The molecule has 0 unspecified atom stereocenters. The lowest BCUT2D eigenvalue weighted by Crippen LogP contribution is -2.29. The van der Waals surface area contributed by atoms with Crippen LogP contribution in [0.15, 0.2) is 42.5 Å². The number of rotatable bonds is 5. The van der Waals surface area contributed by atoms with Crippen molar-refractivity contribution in [3.63, 3.8) is 0 Å². The van der Waals surface area contributed by atoms with Crippen LogP contribution >= 0.6 is 0 Å². The molecule has 5 nitrogen and oxygen atoms in total. The maximum atomic E-state index is 13.1. The molecule has 4 rings (SSSR count). The van der Waals surface area contributed by atoms with Gasteiger partial charge in [-0.2, -0.15) is 0 Å². The molecule has 2 aromatic rings. The number of amides is 2. The van der Waals surface area contributed by atoms with Crippen molar-refractivity contribution >= 4 is 23.2 Å². The first kappa shape index (κ1) is 18.5. The van der Waals surface area contributed by atoms with E-state index in [9.17, 15) is 9.59 Å². The van der Waals surface area contributed by atoms with Crippen molar-refractivity contribution in [2.75, 3.05) is 16.8 Å². The number of hydrogen-bond acceptors (Lipinski definition) is 3. The first-order chi connectivity index (χ1) is 13.7. The standard InChI is InChI=1S/C23H26N2O3/c1-2-25-19-9-5-6-10-21(19)28-20-13-12-17(15-18(20)23(25)27)24-22(26)14-11-16-7-3-4-8-16/h5-6,9-10,12-13,15-16H,2-4,7-8,11,14H2,1H3,(H,24,26). The van der Waals surface area contributed by atoms with Crippen LogP contribution in [0.5, 0.6) is 11.5 Å². The van der Waals surface area contributed by atoms with Gasteiger partial charge >= 0.3 is 0 Å². The molecule has 0 saturated heterocycles. The molecule has 0 atom stereocenters. The molecule has 1 N–H and O–H groups in total. The third kappa shape index (κ3) is 3.75. The normalized spacial score (nSPS) is 16.2. The van der Waals surface area contributed by atoms with Crippen LogP contribution < -0.4 is 15.0 Å². The summed E-state index contributed by atoms with van der Waals surface area (Å²) in [5, 5.41) is 2.95. The molecule has 146 valence electrons. The number of fused-ring (bicyclic) bond motifs is 2. The van der Waals surface area contributed by atoms with E-state index in [1.54, 1.807) is 23.1 Å². The van der Waals surface area contributed by atoms with Gasteiger partial charge in [0, 0.05) is 18.7 Å². The van der Waals surface area contributed by atoms with Gasteiger partial charge < -0.3 is 15.0 Å². The molecular formula is C23H26N2O3. The van der Waals surface area contributed by atoms with Crippen LogP contribution in [0.3, 0.4) is 0 Å². The zero-order valence-electron chi connectivity index (χ0n) is 16.2. The highest BCUT2D eigenvalue weighted by molar-refractivity contribution is 6.10. The average Bonchev–Trinajstić information content (AvgIpc) is 3.19. The Bertz CT molecular complexity index is 887. The fourth-order valence-electron chi connectivity index (χ4n) is 4.18. The number of nitrogens with one attached hydrogen (secondary N) is 1. The third-order valence-electron chi connectivity index (χ3n) is 5.69. The Balaban J connectivity index is 1.52. The number of carbonyl (C=O) groups is 2. The van der Waals surface area contributed by atoms with Crippen LogP contribution in [0.4, 0.5) is 11.4 Å². The molecule has 2 aromatic carbocycles. The van der Waals surface area contributed by atoms with Crippen LogP contribution in [0.1, 0.15) is 55.8 Å². The Morgan fingerprint density at radius 3 is 2.71 bits per heavy atom. The Morgan fingerprint density at radius 1 is 1.14 bits per heavy atom. The summed E-state index contributed by atoms with van der Waals surface area (Å²) in [5.74, 6) is 1.74. The number of ether oxygens (including phenoxy) is 1. The van der Waals surface area contributed by atoms with Gasteiger partial charge in [-0.15, -0.1) is 0 Å². The minimum atomic E-state index is -0.121. The number of hydrogen-bond donors (Lipinski definition) is 1. The minimum Gasteiger partial charge on any atom is -0.454 e. The monoisotopic (exact) mass is 378 g/mol. The van der Waals surface area contributed by atoms with Crippen molar-refractivity contribution in [1.82, 2.24) is 0 Å². The van der Waals surface area contributed by atoms with Crippen molar-refractivity contribution in [3.05, 3.63) is 48.0 Å². The molecule has 5 heteroatoms. The lowest BCUT2D eigenvalue weighted by atomic mass is 10.0. The minimum absolute atomic E-state index is 0.00414. The van der Waals surface area contributed by atoms with E-state index in [4.69, 9.17) is 4.74 Å². The van der Waals surface area contributed by atoms with Gasteiger partial charge in [0.05, 0.1) is 11.3 Å². The van der Waals surface area contributed by atoms with Crippen molar-refractivity contribution in [2.24, 2.45) is 5.92 Å². The topological polar surface area (TPSA) is 58.6 Å². The van der Waals surface area contributed by atoms with Gasteiger partial charge in [-0.1, -0.05) is 37.8 Å². The Labute approximate surface area is 165 Å². The summed E-state index contributed by atoms with van der Waals surface area (Å²) in [7, 11) is 0. The maximum absolute atomic E-state index is 13.1. The van der Waals surface area contributed by atoms with Crippen LogP contribution in [0.2, 0.25) is 0 Å². The Kier molecular flexibility index (Phi) is 5.33. The maximum Gasteiger partial charge on any atom is 0.262 e. The zero-order chi connectivity index (χ0) is 19.5. The molecule has 2 aliphatic rings. The van der Waals surface area contributed by atoms with Gasteiger partial charge in [0.1, 0.15) is 5.75 Å². The first-order valence-electron chi connectivity index (χ1n) is 10.2. The van der Waals surface area contributed by atoms with E-state index in [-0.39, 0.29) is 11.8 Å². The van der Waals surface area contributed by atoms with E-state index < -0.39 is 0 Å².